The Labute approximate surface area is 101 Å². The average molecular weight is 263 g/mol. The molecule has 0 aliphatic rings. The van der Waals surface area contributed by atoms with Crippen molar-refractivity contribution in [2.45, 2.75) is 11.8 Å². The Morgan fingerprint density at radius 2 is 1.81 bits per heavy atom. The summed E-state index contributed by atoms with van der Waals surface area (Å²) in [5.41, 5.74) is 0. The van der Waals surface area contributed by atoms with Gasteiger partial charge >= 0.3 is 0 Å². The first-order chi connectivity index (χ1) is 7.56. The van der Waals surface area contributed by atoms with E-state index in [9.17, 15) is 8.42 Å². The largest absolute Gasteiger partial charge is 0.316 e. The van der Waals surface area contributed by atoms with Crippen LogP contribution in [0, 0.1) is 0 Å². The average Bonchev–Trinajstić information content (AvgIpc) is 2.25. The molecule has 1 aromatic carbocycles. The molecule has 16 heavy (non-hydrogen) atoms. The van der Waals surface area contributed by atoms with Gasteiger partial charge in [-0.1, -0.05) is 18.5 Å². The summed E-state index contributed by atoms with van der Waals surface area (Å²) in [7, 11) is -3.41. The second-order valence-electron chi connectivity index (χ2n) is 3.21. The van der Waals surface area contributed by atoms with Gasteiger partial charge in [0.05, 0.1) is 4.90 Å². The van der Waals surface area contributed by atoms with Gasteiger partial charge in [-0.3, -0.25) is 0 Å². The molecule has 0 amide bonds. The third-order valence-corrected chi connectivity index (χ3v) is 3.70. The summed E-state index contributed by atoms with van der Waals surface area (Å²) in [6.45, 7) is 3.78. The minimum atomic E-state index is -3.41. The highest BCUT2D eigenvalue weighted by molar-refractivity contribution is 7.89. The molecule has 6 heteroatoms. The van der Waals surface area contributed by atoms with Crippen LogP contribution in [0.1, 0.15) is 6.92 Å². The number of sulfonamides is 1. The summed E-state index contributed by atoms with van der Waals surface area (Å²) >= 11 is 5.68. The van der Waals surface area contributed by atoms with E-state index in [1.165, 1.54) is 12.1 Å². The van der Waals surface area contributed by atoms with Crippen molar-refractivity contribution < 1.29 is 8.42 Å². The van der Waals surface area contributed by atoms with Crippen molar-refractivity contribution in [1.29, 1.82) is 0 Å². The minimum absolute atomic E-state index is 0.230. The Balaban J connectivity index is 2.60. The van der Waals surface area contributed by atoms with Gasteiger partial charge in [-0.05, 0) is 30.8 Å². The standard InChI is InChI=1S/C10H15ClN2O2S/c1-2-12-7-8-13-16(14,15)10-5-3-9(11)4-6-10/h3-6,12-13H,2,7-8H2,1H3. The number of hydrogen-bond acceptors (Lipinski definition) is 3. The number of rotatable bonds is 6. The summed E-state index contributed by atoms with van der Waals surface area (Å²) < 4.78 is 25.9. The van der Waals surface area contributed by atoms with Crippen molar-refractivity contribution in [3.63, 3.8) is 0 Å². The van der Waals surface area contributed by atoms with Gasteiger partial charge in [-0.2, -0.15) is 0 Å². The summed E-state index contributed by atoms with van der Waals surface area (Å²) in [6.07, 6.45) is 0. The van der Waals surface area contributed by atoms with Crippen molar-refractivity contribution in [2.24, 2.45) is 0 Å². The summed E-state index contributed by atoms with van der Waals surface area (Å²) in [6, 6.07) is 6.08. The van der Waals surface area contributed by atoms with Gasteiger partial charge in [0.2, 0.25) is 10.0 Å². The lowest BCUT2D eigenvalue weighted by Crippen LogP contribution is -2.31. The fraction of sp³-hybridized carbons (Fsp3) is 0.400. The number of likely N-dealkylation sites (N-methyl/N-ethyl adjacent to an activating group) is 1. The smallest absolute Gasteiger partial charge is 0.240 e. The van der Waals surface area contributed by atoms with Crippen LogP contribution in [0.2, 0.25) is 5.02 Å². The van der Waals surface area contributed by atoms with Crippen molar-refractivity contribution in [1.82, 2.24) is 10.0 Å². The number of benzene rings is 1. The van der Waals surface area contributed by atoms with E-state index in [4.69, 9.17) is 11.6 Å². The molecule has 4 nitrogen and oxygen atoms in total. The molecule has 0 saturated heterocycles. The normalized spacial score (nSPS) is 11.6. The highest BCUT2D eigenvalue weighted by atomic mass is 35.5. The number of hydrogen-bond donors (Lipinski definition) is 2. The predicted molar refractivity (Wildman–Crippen MR) is 65.2 cm³/mol. The molecule has 90 valence electrons. The molecule has 0 spiro atoms. The number of nitrogens with one attached hydrogen (secondary N) is 2. The maximum absolute atomic E-state index is 11.7. The van der Waals surface area contributed by atoms with E-state index in [0.717, 1.165) is 6.54 Å². The fourth-order valence-corrected chi connectivity index (χ4v) is 2.31. The highest BCUT2D eigenvalue weighted by Crippen LogP contribution is 2.13. The van der Waals surface area contributed by atoms with E-state index < -0.39 is 10.0 Å². The Morgan fingerprint density at radius 3 is 2.38 bits per heavy atom. The lowest BCUT2D eigenvalue weighted by atomic mass is 10.4. The maximum Gasteiger partial charge on any atom is 0.240 e. The summed E-state index contributed by atoms with van der Waals surface area (Å²) in [5.74, 6) is 0. The van der Waals surface area contributed by atoms with Crippen molar-refractivity contribution in [3.05, 3.63) is 29.3 Å². The first kappa shape index (κ1) is 13.4. The molecule has 1 rings (SSSR count). The van der Waals surface area contributed by atoms with E-state index in [1.54, 1.807) is 12.1 Å². The minimum Gasteiger partial charge on any atom is -0.316 e. The lowest BCUT2D eigenvalue weighted by molar-refractivity contribution is 0.577. The Kier molecular flexibility index (Phi) is 5.21. The first-order valence-electron chi connectivity index (χ1n) is 5.02. The molecule has 0 atom stereocenters. The fourth-order valence-electron chi connectivity index (χ4n) is 1.15. The molecular weight excluding hydrogens is 248 g/mol. The van der Waals surface area contributed by atoms with E-state index in [1.807, 2.05) is 6.92 Å². The van der Waals surface area contributed by atoms with Gasteiger partial charge < -0.3 is 5.32 Å². The second kappa shape index (κ2) is 6.20. The summed E-state index contributed by atoms with van der Waals surface area (Å²) in [4.78, 5) is 0.230. The van der Waals surface area contributed by atoms with E-state index >= 15 is 0 Å². The molecule has 0 saturated carbocycles. The molecule has 1 aromatic rings. The topological polar surface area (TPSA) is 58.2 Å². The predicted octanol–water partition coefficient (Wildman–Crippen LogP) is 1.23. The monoisotopic (exact) mass is 262 g/mol. The Hall–Kier alpha value is -0.620. The molecule has 0 fully saturated rings. The maximum atomic E-state index is 11.7. The Morgan fingerprint density at radius 1 is 1.19 bits per heavy atom. The van der Waals surface area contributed by atoms with Gasteiger partial charge in [0.15, 0.2) is 0 Å². The molecule has 0 bridgehead atoms. The van der Waals surface area contributed by atoms with Crippen LogP contribution >= 0.6 is 11.6 Å². The Bertz CT molecular complexity index is 417. The van der Waals surface area contributed by atoms with Crippen molar-refractivity contribution in [2.75, 3.05) is 19.6 Å². The van der Waals surface area contributed by atoms with E-state index in [0.29, 0.717) is 18.1 Å². The molecule has 2 N–H and O–H groups in total. The zero-order chi connectivity index (χ0) is 12.0. The number of halogens is 1. The third kappa shape index (κ3) is 4.09. The van der Waals surface area contributed by atoms with Crippen molar-refractivity contribution >= 4 is 21.6 Å². The van der Waals surface area contributed by atoms with Crippen molar-refractivity contribution in [3.8, 4) is 0 Å². The molecule has 0 heterocycles. The van der Waals surface area contributed by atoms with E-state index in [2.05, 4.69) is 10.0 Å². The lowest BCUT2D eigenvalue weighted by Gasteiger charge is -2.06. The summed E-state index contributed by atoms with van der Waals surface area (Å²) in [5, 5.41) is 3.55. The van der Waals surface area contributed by atoms with Crippen LogP contribution in [0.3, 0.4) is 0 Å². The molecule has 0 aromatic heterocycles. The first-order valence-corrected chi connectivity index (χ1v) is 6.88. The van der Waals surface area contributed by atoms with Crippen LogP contribution in [0.25, 0.3) is 0 Å². The highest BCUT2D eigenvalue weighted by Gasteiger charge is 2.12. The van der Waals surface area contributed by atoms with Crippen LogP contribution in [0.15, 0.2) is 29.2 Å². The molecule has 0 radical (unpaired) electrons. The van der Waals surface area contributed by atoms with Crippen LogP contribution < -0.4 is 10.0 Å². The molecule has 0 unspecified atom stereocenters. The van der Waals surface area contributed by atoms with Crippen LogP contribution in [-0.4, -0.2) is 28.1 Å². The van der Waals surface area contributed by atoms with Gasteiger partial charge in [-0.25, -0.2) is 13.1 Å². The zero-order valence-corrected chi connectivity index (χ0v) is 10.6. The zero-order valence-electron chi connectivity index (χ0n) is 9.03. The second-order valence-corrected chi connectivity index (χ2v) is 5.41. The van der Waals surface area contributed by atoms with E-state index in [-0.39, 0.29) is 4.90 Å². The molecule has 0 aliphatic carbocycles. The van der Waals surface area contributed by atoms with Crippen LogP contribution in [0.5, 0.6) is 0 Å². The van der Waals surface area contributed by atoms with Gasteiger partial charge in [0.1, 0.15) is 0 Å². The molecule has 0 aliphatic heterocycles. The van der Waals surface area contributed by atoms with Crippen LogP contribution in [-0.2, 0) is 10.0 Å². The van der Waals surface area contributed by atoms with Crippen LogP contribution in [0.4, 0.5) is 0 Å². The van der Waals surface area contributed by atoms with Gasteiger partial charge in [-0.15, -0.1) is 0 Å². The van der Waals surface area contributed by atoms with Gasteiger partial charge in [0, 0.05) is 18.1 Å². The quantitative estimate of drug-likeness (QED) is 0.758. The third-order valence-electron chi connectivity index (χ3n) is 1.97. The SMILES string of the molecule is CCNCCNS(=O)(=O)c1ccc(Cl)cc1. The van der Waals surface area contributed by atoms with Gasteiger partial charge in [0.25, 0.3) is 0 Å². The molecular formula is C10H15ClN2O2S.